The summed E-state index contributed by atoms with van der Waals surface area (Å²) in [5.41, 5.74) is 0. The van der Waals surface area contributed by atoms with Crippen LogP contribution in [0.4, 0.5) is 0 Å². The minimum absolute atomic E-state index is 0.271. The molecular weight excluding hydrogens is 280 g/mol. The molecule has 0 bridgehead atoms. The number of carboxylic acids is 1. The van der Waals surface area contributed by atoms with Crippen LogP contribution in [-0.2, 0) is 9.68 Å². The normalized spacial score (nSPS) is 12.0. The van der Waals surface area contributed by atoms with Crippen molar-refractivity contribution in [1.82, 2.24) is 0 Å². The van der Waals surface area contributed by atoms with Crippen LogP contribution in [0, 0.1) is 0 Å². The number of hydrogen-bond acceptors (Lipinski definition) is 3. The Bertz CT molecular complexity index is 321. The van der Waals surface area contributed by atoms with E-state index in [1.54, 1.807) is 0 Å². The minimum atomic E-state index is -0.713. The van der Waals surface area contributed by atoms with Crippen LogP contribution in [0.3, 0.4) is 0 Å². The van der Waals surface area contributed by atoms with Crippen molar-refractivity contribution < 1.29 is 20.0 Å². The van der Waals surface area contributed by atoms with Gasteiger partial charge in [0.25, 0.3) is 0 Å². The number of hydrogen-bond donors (Lipinski definition) is 2. The lowest BCUT2D eigenvalue weighted by atomic mass is 10.1. The smallest absolute Gasteiger partial charge is 0.303 e. The van der Waals surface area contributed by atoms with E-state index < -0.39 is 5.97 Å². The van der Waals surface area contributed by atoms with E-state index in [2.05, 4.69) is 17.9 Å². The molecule has 4 heteroatoms. The maximum Gasteiger partial charge on any atom is 0.303 e. The summed E-state index contributed by atoms with van der Waals surface area (Å²) in [7, 11) is 0. The van der Waals surface area contributed by atoms with E-state index in [0.717, 1.165) is 44.9 Å². The van der Waals surface area contributed by atoms with Crippen molar-refractivity contribution in [2.75, 3.05) is 0 Å². The summed E-state index contributed by atoms with van der Waals surface area (Å²) < 4.78 is 0. The van der Waals surface area contributed by atoms with Crippen LogP contribution in [-0.4, -0.2) is 16.3 Å². The number of unbranched alkanes of at least 4 members (excludes halogenated alkanes) is 8. The highest BCUT2D eigenvalue weighted by atomic mass is 17.1. The van der Waals surface area contributed by atoms with Crippen molar-refractivity contribution in [3.05, 3.63) is 24.0 Å². The van der Waals surface area contributed by atoms with E-state index in [9.17, 15) is 4.79 Å². The van der Waals surface area contributed by atoms with Crippen LogP contribution >= 0.6 is 0 Å². The Morgan fingerprint density at radius 1 is 0.955 bits per heavy atom. The Hall–Kier alpha value is -1.29. The quantitative estimate of drug-likeness (QED) is 0.134. The summed E-state index contributed by atoms with van der Waals surface area (Å²) in [4.78, 5) is 14.7. The molecule has 4 nitrogen and oxygen atoms in total. The number of aliphatic carboxylic acids is 1. The third kappa shape index (κ3) is 15.1. The molecule has 0 aliphatic rings. The fourth-order valence-electron chi connectivity index (χ4n) is 2.20. The van der Waals surface area contributed by atoms with Crippen molar-refractivity contribution >= 4 is 5.97 Å². The Morgan fingerprint density at radius 3 is 2.32 bits per heavy atom. The largest absolute Gasteiger partial charge is 0.481 e. The number of carbonyl (C=O) groups is 1. The number of rotatable bonds is 15. The lowest BCUT2D eigenvalue weighted by Crippen LogP contribution is -1.93. The zero-order valence-electron chi connectivity index (χ0n) is 13.9. The Kier molecular flexibility index (Phi) is 15.1. The monoisotopic (exact) mass is 312 g/mol. The first-order chi connectivity index (χ1) is 10.7. The molecule has 0 saturated heterocycles. The molecule has 0 heterocycles. The van der Waals surface area contributed by atoms with Gasteiger partial charge in [-0.05, 0) is 38.2 Å². The second-order valence-corrected chi connectivity index (χ2v) is 5.63. The van der Waals surface area contributed by atoms with E-state index in [1.165, 1.54) is 19.3 Å². The molecule has 0 unspecified atom stereocenters. The summed E-state index contributed by atoms with van der Waals surface area (Å²) in [5.74, 6) is -0.104. The van der Waals surface area contributed by atoms with Crippen molar-refractivity contribution in [3.63, 3.8) is 0 Å². The standard InChI is InChI=1S/C18H32O4/c1-2-3-4-5-8-11-14-17(22-21)15-12-9-6-7-10-13-16-18(19)20/h8,11,15,21H,2-7,9-10,12-14,16H2,1H3,(H,19,20)/b11-8-,17-15+. The van der Waals surface area contributed by atoms with Gasteiger partial charge in [0.05, 0.1) is 0 Å². The van der Waals surface area contributed by atoms with Crippen LogP contribution in [0.2, 0.25) is 0 Å². The molecule has 22 heavy (non-hydrogen) atoms. The van der Waals surface area contributed by atoms with Crippen molar-refractivity contribution in [2.24, 2.45) is 0 Å². The zero-order chi connectivity index (χ0) is 16.5. The van der Waals surface area contributed by atoms with Crippen LogP contribution in [0.15, 0.2) is 24.0 Å². The molecule has 0 aliphatic carbocycles. The maximum atomic E-state index is 10.4. The second-order valence-electron chi connectivity index (χ2n) is 5.63. The Balaban J connectivity index is 3.59. The molecule has 0 spiro atoms. The summed E-state index contributed by atoms with van der Waals surface area (Å²) in [5, 5.41) is 17.4. The van der Waals surface area contributed by atoms with Crippen LogP contribution in [0.5, 0.6) is 0 Å². The van der Waals surface area contributed by atoms with E-state index in [-0.39, 0.29) is 6.42 Å². The average Bonchev–Trinajstić information content (AvgIpc) is 2.50. The molecule has 0 fully saturated rings. The summed E-state index contributed by atoms with van der Waals surface area (Å²) in [6.07, 6.45) is 17.6. The number of allylic oxidation sites excluding steroid dienone is 3. The topological polar surface area (TPSA) is 66.8 Å². The molecule has 0 aliphatic heterocycles. The predicted molar refractivity (Wildman–Crippen MR) is 89.7 cm³/mol. The molecule has 0 atom stereocenters. The van der Waals surface area contributed by atoms with Gasteiger partial charge in [-0.15, -0.1) is 0 Å². The van der Waals surface area contributed by atoms with Gasteiger partial charge < -0.3 is 9.99 Å². The van der Waals surface area contributed by atoms with E-state index >= 15 is 0 Å². The lowest BCUT2D eigenvalue weighted by molar-refractivity contribution is -0.204. The third-order valence-electron chi connectivity index (χ3n) is 3.54. The highest BCUT2D eigenvalue weighted by molar-refractivity contribution is 5.66. The van der Waals surface area contributed by atoms with Gasteiger partial charge in [0.2, 0.25) is 0 Å². The second kappa shape index (κ2) is 16.1. The first kappa shape index (κ1) is 20.7. The van der Waals surface area contributed by atoms with Gasteiger partial charge >= 0.3 is 5.97 Å². The Morgan fingerprint density at radius 2 is 1.64 bits per heavy atom. The van der Waals surface area contributed by atoms with Crippen molar-refractivity contribution in [1.29, 1.82) is 0 Å². The molecule has 0 radical (unpaired) electrons. The molecule has 0 rings (SSSR count). The SMILES string of the molecule is CCCCC/C=C\C/C(=C\CCCCCCCC(=O)O)OO. The fraction of sp³-hybridized carbons (Fsp3) is 0.722. The van der Waals surface area contributed by atoms with E-state index in [0.29, 0.717) is 12.2 Å². The molecule has 0 saturated carbocycles. The van der Waals surface area contributed by atoms with Gasteiger partial charge in [0, 0.05) is 12.8 Å². The first-order valence-electron chi connectivity index (χ1n) is 8.58. The summed E-state index contributed by atoms with van der Waals surface area (Å²) >= 11 is 0. The molecule has 128 valence electrons. The van der Waals surface area contributed by atoms with Gasteiger partial charge in [-0.1, -0.05) is 51.2 Å². The van der Waals surface area contributed by atoms with E-state index in [4.69, 9.17) is 10.4 Å². The predicted octanol–water partition coefficient (Wildman–Crippen LogP) is 5.70. The van der Waals surface area contributed by atoms with Crippen LogP contribution in [0.25, 0.3) is 0 Å². The molecule has 2 N–H and O–H groups in total. The zero-order valence-corrected chi connectivity index (χ0v) is 13.9. The summed E-state index contributed by atoms with van der Waals surface area (Å²) in [6.45, 7) is 2.19. The van der Waals surface area contributed by atoms with Crippen molar-refractivity contribution in [2.45, 2.75) is 84.0 Å². The summed E-state index contributed by atoms with van der Waals surface area (Å²) in [6, 6.07) is 0. The van der Waals surface area contributed by atoms with Gasteiger partial charge in [-0.25, -0.2) is 5.26 Å². The molecule has 0 aromatic heterocycles. The molecule has 0 aromatic carbocycles. The minimum Gasteiger partial charge on any atom is -0.481 e. The molecule has 0 amide bonds. The van der Waals surface area contributed by atoms with Crippen LogP contribution in [0.1, 0.15) is 84.0 Å². The highest BCUT2D eigenvalue weighted by Gasteiger charge is 1.97. The lowest BCUT2D eigenvalue weighted by Gasteiger charge is -2.01. The van der Waals surface area contributed by atoms with Crippen LogP contribution < -0.4 is 0 Å². The number of carboxylic acid groups (broad SMARTS) is 1. The Labute approximate surface area is 134 Å². The van der Waals surface area contributed by atoms with Gasteiger partial charge in [0.15, 0.2) is 0 Å². The third-order valence-corrected chi connectivity index (χ3v) is 3.54. The van der Waals surface area contributed by atoms with E-state index in [1.807, 2.05) is 12.2 Å². The highest BCUT2D eigenvalue weighted by Crippen LogP contribution is 2.11. The van der Waals surface area contributed by atoms with Crippen molar-refractivity contribution in [3.8, 4) is 0 Å². The molecular formula is C18H32O4. The van der Waals surface area contributed by atoms with Gasteiger partial charge in [-0.3, -0.25) is 4.79 Å². The van der Waals surface area contributed by atoms with Gasteiger partial charge in [0.1, 0.15) is 5.76 Å². The fourth-order valence-corrected chi connectivity index (χ4v) is 2.20. The van der Waals surface area contributed by atoms with Gasteiger partial charge in [-0.2, -0.15) is 0 Å². The maximum absolute atomic E-state index is 10.4. The first-order valence-corrected chi connectivity index (χ1v) is 8.58. The average molecular weight is 312 g/mol. The molecule has 0 aromatic rings.